The number of hydrogen-bond donors (Lipinski definition) is 1. The molecule has 0 radical (unpaired) electrons. The number of carbonyl (C=O) groups excluding carboxylic acids is 1. The lowest BCUT2D eigenvalue weighted by Gasteiger charge is -2.17. The van der Waals surface area contributed by atoms with Crippen molar-refractivity contribution in [3.63, 3.8) is 0 Å². The van der Waals surface area contributed by atoms with Gasteiger partial charge in [-0.1, -0.05) is 0 Å². The smallest absolute Gasteiger partial charge is 0.382 e. The zero-order valence-corrected chi connectivity index (χ0v) is 13.3. The van der Waals surface area contributed by atoms with Crippen molar-refractivity contribution in [2.45, 2.75) is 19.0 Å². The molecule has 0 fully saturated rings. The molecular weight excluding hydrogens is 321 g/mol. The van der Waals surface area contributed by atoms with Gasteiger partial charge >= 0.3 is 6.18 Å². The van der Waals surface area contributed by atoms with E-state index in [1.54, 1.807) is 38.4 Å². The van der Waals surface area contributed by atoms with Gasteiger partial charge < -0.3 is 10.2 Å². The second kappa shape index (κ2) is 5.85. The third kappa shape index (κ3) is 2.83. The highest BCUT2D eigenvalue weighted by Crippen LogP contribution is 2.38. The van der Waals surface area contributed by atoms with E-state index >= 15 is 0 Å². The average molecular weight is 338 g/mol. The number of nitrogens with one attached hydrogen (secondary N) is 1. The number of anilines is 1. The van der Waals surface area contributed by atoms with Gasteiger partial charge in [0, 0.05) is 26.2 Å². The van der Waals surface area contributed by atoms with Crippen LogP contribution in [0.2, 0.25) is 0 Å². The molecule has 0 unspecified atom stereocenters. The van der Waals surface area contributed by atoms with E-state index in [1.165, 1.54) is 9.58 Å². The second-order valence-corrected chi connectivity index (χ2v) is 5.86. The molecule has 8 heteroatoms. The second-order valence-electron chi connectivity index (χ2n) is 5.86. The molecule has 1 aromatic heterocycles. The van der Waals surface area contributed by atoms with Crippen LogP contribution in [0.1, 0.15) is 28.2 Å². The number of halogens is 3. The first-order valence-corrected chi connectivity index (χ1v) is 7.54. The maximum absolute atomic E-state index is 13.2. The third-order valence-electron chi connectivity index (χ3n) is 3.91. The quantitative estimate of drug-likeness (QED) is 0.916. The van der Waals surface area contributed by atoms with Gasteiger partial charge in [-0.2, -0.15) is 18.3 Å². The minimum atomic E-state index is -4.51. The highest BCUT2D eigenvalue weighted by Gasteiger charge is 2.40. The molecule has 1 amide bonds. The van der Waals surface area contributed by atoms with Gasteiger partial charge in [0.1, 0.15) is 0 Å². The molecular formula is C16H17F3N4O. The molecule has 2 aromatic rings. The maximum atomic E-state index is 13.2. The molecule has 0 bridgehead atoms. The van der Waals surface area contributed by atoms with Crippen molar-refractivity contribution in [1.82, 2.24) is 14.7 Å². The van der Waals surface area contributed by atoms with Gasteiger partial charge in [-0.05, 0) is 37.1 Å². The minimum Gasteiger partial charge on any atom is -0.382 e. The van der Waals surface area contributed by atoms with Crippen LogP contribution in [0, 0.1) is 0 Å². The summed E-state index contributed by atoms with van der Waals surface area (Å²) in [7, 11) is 3.28. The Bertz CT molecular complexity index is 763. The van der Waals surface area contributed by atoms with E-state index in [1.807, 2.05) is 0 Å². The van der Waals surface area contributed by atoms with Gasteiger partial charge in [0.15, 0.2) is 5.69 Å². The highest BCUT2D eigenvalue weighted by atomic mass is 19.4. The van der Waals surface area contributed by atoms with Gasteiger partial charge in [-0.3, -0.25) is 4.79 Å². The summed E-state index contributed by atoms with van der Waals surface area (Å²) in [6, 6.07) is 6.40. The Hall–Kier alpha value is -2.51. The Morgan fingerprint density at radius 1 is 1.25 bits per heavy atom. The van der Waals surface area contributed by atoms with Crippen molar-refractivity contribution in [2.75, 3.05) is 26.0 Å². The number of rotatable bonds is 2. The van der Waals surface area contributed by atoms with E-state index in [-0.39, 0.29) is 11.6 Å². The number of hydrogen-bond acceptors (Lipinski definition) is 3. The van der Waals surface area contributed by atoms with E-state index in [0.717, 1.165) is 6.42 Å². The molecule has 0 atom stereocenters. The Labute approximate surface area is 137 Å². The summed E-state index contributed by atoms with van der Waals surface area (Å²) < 4.78 is 40.9. The van der Waals surface area contributed by atoms with E-state index in [0.29, 0.717) is 29.9 Å². The van der Waals surface area contributed by atoms with Crippen LogP contribution in [0.5, 0.6) is 0 Å². The first-order chi connectivity index (χ1) is 11.3. The Morgan fingerprint density at radius 3 is 2.50 bits per heavy atom. The van der Waals surface area contributed by atoms with Crippen LogP contribution in [0.3, 0.4) is 0 Å². The van der Waals surface area contributed by atoms with Crippen molar-refractivity contribution in [2.24, 2.45) is 0 Å². The molecule has 0 spiro atoms. The molecule has 0 saturated heterocycles. The van der Waals surface area contributed by atoms with Crippen molar-refractivity contribution in [3.8, 4) is 5.69 Å². The summed E-state index contributed by atoms with van der Waals surface area (Å²) in [6.45, 7) is 0.498. The summed E-state index contributed by atoms with van der Waals surface area (Å²) in [4.78, 5) is 13.3. The lowest BCUT2D eigenvalue weighted by molar-refractivity contribution is -0.140. The van der Waals surface area contributed by atoms with E-state index < -0.39 is 11.9 Å². The SMILES string of the molecule is CN(C)C(=O)c1ccc(-n2nc(C(F)(F)F)c3c2CCCN3)cc1. The molecule has 128 valence electrons. The van der Waals surface area contributed by atoms with Gasteiger partial charge in [0.05, 0.1) is 17.1 Å². The molecule has 1 aromatic carbocycles. The van der Waals surface area contributed by atoms with Crippen molar-refractivity contribution in [3.05, 3.63) is 41.2 Å². The largest absolute Gasteiger partial charge is 0.437 e. The summed E-state index contributed by atoms with van der Waals surface area (Å²) >= 11 is 0. The zero-order chi connectivity index (χ0) is 17.5. The molecule has 3 rings (SSSR count). The van der Waals surface area contributed by atoms with E-state index in [9.17, 15) is 18.0 Å². The number of nitrogens with zero attached hydrogens (tertiary/aromatic N) is 3. The van der Waals surface area contributed by atoms with Crippen LogP contribution in [0.15, 0.2) is 24.3 Å². The summed E-state index contributed by atoms with van der Waals surface area (Å²) in [5.74, 6) is -0.165. The number of benzene rings is 1. The predicted octanol–water partition coefficient (Wildman–Crippen LogP) is 2.95. The number of aromatic nitrogens is 2. The Kier molecular flexibility index (Phi) is 3.98. The summed E-state index contributed by atoms with van der Waals surface area (Å²) in [5, 5.41) is 6.59. The van der Waals surface area contributed by atoms with Gasteiger partial charge in [-0.25, -0.2) is 4.68 Å². The molecule has 5 nitrogen and oxygen atoms in total. The first kappa shape index (κ1) is 16.4. The fraction of sp³-hybridized carbons (Fsp3) is 0.375. The van der Waals surface area contributed by atoms with E-state index in [2.05, 4.69) is 10.4 Å². The maximum Gasteiger partial charge on any atom is 0.437 e. The topological polar surface area (TPSA) is 50.2 Å². The summed E-state index contributed by atoms with van der Waals surface area (Å²) in [6.07, 6.45) is -3.25. The fourth-order valence-electron chi connectivity index (χ4n) is 2.75. The predicted molar refractivity (Wildman–Crippen MR) is 83.4 cm³/mol. The molecule has 1 aliphatic heterocycles. The van der Waals surface area contributed by atoms with Gasteiger partial charge in [0.25, 0.3) is 5.91 Å². The molecule has 0 aliphatic carbocycles. The van der Waals surface area contributed by atoms with Crippen molar-refractivity contribution in [1.29, 1.82) is 0 Å². The van der Waals surface area contributed by atoms with Crippen LogP contribution >= 0.6 is 0 Å². The lowest BCUT2D eigenvalue weighted by Crippen LogP contribution is -2.21. The van der Waals surface area contributed by atoms with E-state index in [4.69, 9.17) is 0 Å². The van der Waals surface area contributed by atoms with Crippen LogP contribution in [0.25, 0.3) is 5.69 Å². The van der Waals surface area contributed by atoms with Crippen molar-refractivity contribution < 1.29 is 18.0 Å². The normalized spacial score (nSPS) is 14.0. The minimum absolute atomic E-state index is 0.0576. The summed E-state index contributed by atoms with van der Waals surface area (Å²) in [5.41, 5.74) is 0.646. The molecule has 1 N–H and O–H groups in total. The Morgan fingerprint density at radius 2 is 1.92 bits per heavy atom. The van der Waals surface area contributed by atoms with Crippen LogP contribution < -0.4 is 5.32 Å². The van der Waals surface area contributed by atoms with Gasteiger partial charge in [-0.15, -0.1) is 0 Å². The van der Waals surface area contributed by atoms with Gasteiger partial charge in [0.2, 0.25) is 0 Å². The third-order valence-corrected chi connectivity index (χ3v) is 3.91. The molecule has 0 saturated carbocycles. The number of carbonyl (C=O) groups is 1. The highest BCUT2D eigenvalue weighted by molar-refractivity contribution is 5.94. The number of fused-ring (bicyclic) bond motifs is 1. The first-order valence-electron chi connectivity index (χ1n) is 7.54. The number of alkyl halides is 3. The monoisotopic (exact) mass is 338 g/mol. The van der Waals surface area contributed by atoms with Crippen molar-refractivity contribution >= 4 is 11.6 Å². The van der Waals surface area contributed by atoms with Crippen LogP contribution in [-0.4, -0.2) is 41.2 Å². The number of amides is 1. The van der Waals surface area contributed by atoms with Crippen LogP contribution in [0.4, 0.5) is 18.9 Å². The molecule has 1 aliphatic rings. The Balaban J connectivity index is 2.04. The average Bonchev–Trinajstić information content (AvgIpc) is 2.94. The molecule has 24 heavy (non-hydrogen) atoms. The lowest BCUT2D eigenvalue weighted by atomic mass is 10.1. The molecule has 2 heterocycles. The zero-order valence-electron chi connectivity index (χ0n) is 13.3. The standard InChI is InChI=1S/C16H17F3N4O/c1-22(2)15(24)10-5-7-11(8-6-10)23-12-4-3-9-20-13(12)14(21-23)16(17,18)19/h5-8,20H,3-4,9H2,1-2H3. The van der Waals surface area contributed by atoms with Crippen LogP contribution in [-0.2, 0) is 12.6 Å². The fourth-order valence-corrected chi connectivity index (χ4v) is 2.75.